The van der Waals surface area contributed by atoms with Gasteiger partial charge in [0.25, 0.3) is 0 Å². The van der Waals surface area contributed by atoms with E-state index >= 15 is 0 Å². The Hall–Kier alpha value is -2.91. The van der Waals surface area contributed by atoms with Gasteiger partial charge in [0.05, 0.1) is 0 Å². The molecule has 0 saturated heterocycles. The van der Waals surface area contributed by atoms with Crippen molar-refractivity contribution in [3.63, 3.8) is 0 Å². The lowest BCUT2D eigenvalue weighted by Crippen LogP contribution is -1.90. The molecule has 0 radical (unpaired) electrons. The number of H-pyrrole nitrogens is 1. The Morgan fingerprint density at radius 1 is 1.00 bits per heavy atom. The lowest BCUT2D eigenvalue weighted by molar-refractivity contribution is 1.11. The van der Waals surface area contributed by atoms with Crippen LogP contribution in [-0.4, -0.2) is 11.5 Å². The van der Waals surface area contributed by atoms with Crippen LogP contribution in [0.5, 0.6) is 0 Å². The summed E-state index contributed by atoms with van der Waals surface area (Å²) in [6.45, 7) is 1.11. The molecule has 4 rings (SSSR count). The van der Waals surface area contributed by atoms with Crippen molar-refractivity contribution in [1.82, 2.24) is 4.98 Å². The Bertz CT molecular complexity index is 673. The fourth-order valence-corrected chi connectivity index (χ4v) is 2.24. The van der Waals surface area contributed by atoms with E-state index in [0.717, 1.165) is 6.54 Å². The Morgan fingerprint density at radius 3 is 2.48 bits per heavy atom. The highest BCUT2D eigenvalue weighted by Gasteiger charge is 2.05. The predicted molar refractivity (Wildman–Crippen MR) is 86.4 cm³/mol. The molecule has 0 aliphatic carbocycles. The number of rotatable bonds is 0. The third-order valence-electron chi connectivity index (χ3n) is 3.19. The standard InChI is InChI=1S/C8H9N.C8H7N.HN3/c2*1-2-4-8-7(3-1)5-6-9-8;1-3-2/h1-4,9H,5-6H2;1-6,9H;1H. The van der Waals surface area contributed by atoms with Crippen molar-refractivity contribution in [1.29, 1.82) is 5.53 Å². The second kappa shape index (κ2) is 7.62. The van der Waals surface area contributed by atoms with Crippen LogP contribution in [0.2, 0.25) is 0 Å². The first kappa shape index (κ1) is 14.5. The summed E-state index contributed by atoms with van der Waals surface area (Å²) in [5, 5.41) is 4.58. The van der Waals surface area contributed by atoms with Crippen molar-refractivity contribution in [2.24, 2.45) is 0 Å². The number of hydrogen-bond acceptors (Lipinski definition) is 2. The first-order valence-corrected chi connectivity index (χ1v) is 6.70. The van der Waals surface area contributed by atoms with Gasteiger partial charge in [0.15, 0.2) is 0 Å². The molecule has 0 bridgehead atoms. The molecule has 0 amide bonds. The largest absolute Gasteiger partial charge is 0.384 e. The van der Waals surface area contributed by atoms with Gasteiger partial charge in [-0.3, -0.25) is 0 Å². The molecule has 3 N–H and O–H groups in total. The van der Waals surface area contributed by atoms with Crippen LogP contribution in [0.3, 0.4) is 0 Å². The number of benzene rings is 2. The molecule has 21 heavy (non-hydrogen) atoms. The SMILES string of the molecule is [N-]=[N+]=N.c1ccc2[nH]ccc2c1.c1ccc2c(c1)CCN2. The summed E-state index contributed by atoms with van der Waals surface area (Å²) in [6.07, 6.45) is 3.14. The number of para-hydroxylation sites is 2. The summed E-state index contributed by atoms with van der Waals surface area (Å²) in [7, 11) is 0. The zero-order valence-electron chi connectivity index (χ0n) is 11.6. The second-order valence-corrected chi connectivity index (χ2v) is 4.50. The van der Waals surface area contributed by atoms with Gasteiger partial charge in [0.2, 0.25) is 0 Å². The highest BCUT2D eigenvalue weighted by molar-refractivity contribution is 5.78. The summed E-state index contributed by atoms with van der Waals surface area (Å²) in [5.74, 6) is 0. The normalized spacial score (nSPS) is 11.0. The van der Waals surface area contributed by atoms with Crippen LogP contribution in [0.15, 0.2) is 60.8 Å². The Morgan fingerprint density at radius 2 is 1.71 bits per heavy atom. The molecule has 0 fully saturated rings. The number of nitrogens with zero attached hydrogens (tertiary/aromatic N) is 2. The van der Waals surface area contributed by atoms with Crippen LogP contribution >= 0.6 is 0 Å². The summed E-state index contributed by atoms with van der Waals surface area (Å²) >= 11 is 0. The van der Waals surface area contributed by atoms with Gasteiger partial charge in [-0.2, -0.15) is 0 Å². The van der Waals surface area contributed by atoms with Crippen molar-refractivity contribution >= 4 is 16.6 Å². The van der Waals surface area contributed by atoms with E-state index < -0.39 is 0 Å². The van der Waals surface area contributed by atoms with E-state index in [0.29, 0.717) is 0 Å². The lowest BCUT2D eigenvalue weighted by atomic mass is 10.2. The van der Waals surface area contributed by atoms with Crippen molar-refractivity contribution < 1.29 is 0 Å². The van der Waals surface area contributed by atoms with E-state index in [1.54, 1.807) is 4.91 Å². The Kier molecular flexibility index (Phi) is 5.26. The van der Waals surface area contributed by atoms with Crippen molar-refractivity contribution in [3.05, 3.63) is 76.8 Å². The molecule has 0 atom stereocenters. The van der Waals surface area contributed by atoms with Gasteiger partial charge in [0, 0.05) is 23.9 Å². The van der Waals surface area contributed by atoms with Gasteiger partial charge in [-0.25, -0.2) is 0 Å². The van der Waals surface area contributed by atoms with Crippen LogP contribution in [-0.2, 0) is 6.42 Å². The molecule has 1 aliphatic rings. The van der Waals surface area contributed by atoms with E-state index in [2.05, 4.69) is 52.8 Å². The topological polar surface area (TPSA) is 88.1 Å². The van der Waals surface area contributed by atoms with Gasteiger partial charge in [-0.15, -0.1) is 5.53 Å². The predicted octanol–water partition coefficient (Wildman–Crippen LogP) is 4.70. The van der Waals surface area contributed by atoms with Crippen LogP contribution in [0, 0.1) is 5.53 Å². The molecule has 1 aliphatic heterocycles. The quantitative estimate of drug-likeness (QED) is 0.311. The molecule has 3 aromatic rings. The lowest BCUT2D eigenvalue weighted by Gasteiger charge is -1.94. The van der Waals surface area contributed by atoms with Crippen molar-refractivity contribution in [2.45, 2.75) is 6.42 Å². The molecule has 2 aromatic carbocycles. The number of hydrogen-bond donors (Lipinski definition) is 3. The second-order valence-electron chi connectivity index (χ2n) is 4.50. The number of aromatic amines is 1. The number of fused-ring (bicyclic) bond motifs is 2. The molecule has 5 heteroatoms. The van der Waals surface area contributed by atoms with Crippen LogP contribution < -0.4 is 5.32 Å². The fourth-order valence-electron chi connectivity index (χ4n) is 2.24. The zero-order chi connectivity index (χ0) is 14.9. The fraction of sp³-hybridized carbons (Fsp3) is 0.125. The molecule has 0 saturated carbocycles. The monoisotopic (exact) mass is 279 g/mol. The molecule has 106 valence electrons. The number of aromatic nitrogens is 1. The van der Waals surface area contributed by atoms with E-state index in [1.807, 2.05) is 18.3 Å². The Balaban J connectivity index is 0.000000130. The highest BCUT2D eigenvalue weighted by Crippen LogP contribution is 2.19. The minimum absolute atomic E-state index is 1.11. The number of anilines is 1. The number of nitrogens with one attached hydrogen (secondary N) is 3. The summed E-state index contributed by atoms with van der Waals surface area (Å²) in [4.78, 5) is 4.87. The van der Waals surface area contributed by atoms with E-state index in [9.17, 15) is 0 Å². The third-order valence-corrected chi connectivity index (χ3v) is 3.19. The van der Waals surface area contributed by atoms with Crippen LogP contribution in [0.1, 0.15) is 5.56 Å². The Labute approximate surface area is 123 Å². The smallest absolute Gasteiger partial charge is 0.0453 e. The summed E-state index contributed by atoms with van der Waals surface area (Å²) in [6, 6.07) is 18.7. The molecular weight excluding hydrogens is 262 g/mol. The minimum atomic E-state index is 1.11. The highest BCUT2D eigenvalue weighted by atomic mass is 15.0. The van der Waals surface area contributed by atoms with Crippen molar-refractivity contribution in [2.75, 3.05) is 11.9 Å². The van der Waals surface area contributed by atoms with Gasteiger partial charge in [-0.05, 0) is 46.0 Å². The first-order chi connectivity index (χ1) is 10.3. The van der Waals surface area contributed by atoms with Gasteiger partial charge >= 0.3 is 0 Å². The maximum absolute atomic E-state index is 6.86. The summed E-state index contributed by atoms with van der Waals surface area (Å²) in [5.41, 5.74) is 16.2. The van der Waals surface area contributed by atoms with E-state index in [4.69, 9.17) is 11.1 Å². The maximum Gasteiger partial charge on any atom is 0.0453 e. The maximum atomic E-state index is 6.86. The van der Waals surface area contributed by atoms with Crippen molar-refractivity contribution in [3.8, 4) is 0 Å². The minimum Gasteiger partial charge on any atom is -0.384 e. The first-order valence-electron chi connectivity index (χ1n) is 6.70. The van der Waals surface area contributed by atoms with E-state index in [1.165, 1.54) is 28.6 Å². The molecule has 5 nitrogen and oxygen atoms in total. The molecular formula is C16H17N5. The van der Waals surface area contributed by atoms with Crippen LogP contribution in [0.25, 0.3) is 21.3 Å². The van der Waals surface area contributed by atoms with Gasteiger partial charge in [0.1, 0.15) is 0 Å². The molecule has 0 unspecified atom stereocenters. The van der Waals surface area contributed by atoms with Gasteiger partial charge in [-0.1, -0.05) is 36.4 Å². The average molecular weight is 279 g/mol. The van der Waals surface area contributed by atoms with Crippen LogP contribution in [0.4, 0.5) is 5.69 Å². The molecule has 2 heterocycles. The zero-order valence-corrected chi connectivity index (χ0v) is 11.6. The molecule has 0 spiro atoms. The molecule has 1 aromatic heterocycles. The third kappa shape index (κ3) is 4.03. The summed E-state index contributed by atoms with van der Waals surface area (Å²) < 4.78 is 0. The average Bonchev–Trinajstić information content (AvgIpc) is 3.17. The van der Waals surface area contributed by atoms with Gasteiger partial charge < -0.3 is 10.3 Å². The van der Waals surface area contributed by atoms with E-state index in [-0.39, 0.29) is 0 Å².